The van der Waals surface area contributed by atoms with Crippen molar-refractivity contribution in [2.75, 3.05) is 11.1 Å². The number of anilines is 3. The Bertz CT molecular complexity index is 1210. The van der Waals surface area contributed by atoms with Gasteiger partial charge in [-0.05, 0) is 36.4 Å². The lowest BCUT2D eigenvalue weighted by atomic mass is 10.1. The van der Waals surface area contributed by atoms with Crippen molar-refractivity contribution in [2.24, 2.45) is 5.73 Å². The minimum Gasteiger partial charge on any atom is -0.398 e. The van der Waals surface area contributed by atoms with E-state index in [0.717, 1.165) is 0 Å². The summed E-state index contributed by atoms with van der Waals surface area (Å²) in [6.45, 7) is 0. The van der Waals surface area contributed by atoms with Crippen LogP contribution in [0.4, 0.5) is 17.2 Å². The van der Waals surface area contributed by atoms with Crippen molar-refractivity contribution in [1.29, 1.82) is 0 Å². The fourth-order valence-electron chi connectivity index (χ4n) is 2.73. The van der Waals surface area contributed by atoms with Gasteiger partial charge in [-0.3, -0.25) is 9.78 Å². The standard InChI is InChI=1S/C19H14ClN7O/c20-10-3-4-14(21)12(8-10)19-26-17-11(2-1-6-24-17)18(27-19)25-15-5-7-23-9-13(15)16(22)28/h1-9H,21H2,(H2,22,28)(H,23,24,25,26,27). The van der Waals surface area contributed by atoms with Crippen LogP contribution in [0, 0.1) is 0 Å². The Morgan fingerprint density at radius 1 is 1.11 bits per heavy atom. The molecule has 4 aromatic rings. The molecule has 0 saturated heterocycles. The Kier molecular flexibility index (Phi) is 4.46. The Hall–Kier alpha value is -3.78. The van der Waals surface area contributed by atoms with Crippen molar-refractivity contribution in [2.45, 2.75) is 0 Å². The Balaban J connectivity index is 1.91. The third-order valence-electron chi connectivity index (χ3n) is 4.07. The maximum absolute atomic E-state index is 11.7. The second-order valence-electron chi connectivity index (χ2n) is 5.91. The van der Waals surface area contributed by atoms with Gasteiger partial charge in [0.05, 0.1) is 16.6 Å². The molecule has 0 spiro atoms. The summed E-state index contributed by atoms with van der Waals surface area (Å²) >= 11 is 6.11. The molecule has 3 heterocycles. The van der Waals surface area contributed by atoms with E-state index in [0.29, 0.717) is 44.6 Å². The van der Waals surface area contributed by atoms with Crippen LogP contribution in [0.15, 0.2) is 55.0 Å². The van der Waals surface area contributed by atoms with Gasteiger partial charge in [-0.15, -0.1) is 0 Å². The van der Waals surface area contributed by atoms with Crippen LogP contribution in [-0.2, 0) is 0 Å². The van der Waals surface area contributed by atoms with E-state index in [1.54, 1.807) is 42.7 Å². The maximum atomic E-state index is 11.7. The monoisotopic (exact) mass is 391 g/mol. The van der Waals surface area contributed by atoms with Crippen LogP contribution in [0.25, 0.3) is 22.4 Å². The van der Waals surface area contributed by atoms with E-state index in [1.165, 1.54) is 6.20 Å². The molecule has 0 atom stereocenters. The number of carbonyl (C=O) groups is 1. The van der Waals surface area contributed by atoms with Gasteiger partial charge >= 0.3 is 0 Å². The number of aromatic nitrogens is 4. The number of hydrogen-bond acceptors (Lipinski definition) is 7. The van der Waals surface area contributed by atoms with Crippen molar-refractivity contribution in [3.8, 4) is 11.4 Å². The minimum absolute atomic E-state index is 0.238. The fraction of sp³-hybridized carbons (Fsp3) is 0. The van der Waals surface area contributed by atoms with E-state index < -0.39 is 5.91 Å². The lowest BCUT2D eigenvalue weighted by Crippen LogP contribution is -2.14. The second kappa shape index (κ2) is 7.09. The zero-order valence-corrected chi connectivity index (χ0v) is 15.2. The first kappa shape index (κ1) is 17.6. The molecule has 1 aromatic carbocycles. The van der Waals surface area contributed by atoms with E-state index in [2.05, 4.69) is 25.3 Å². The Morgan fingerprint density at radius 3 is 2.79 bits per heavy atom. The summed E-state index contributed by atoms with van der Waals surface area (Å²) < 4.78 is 0. The SMILES string of the molecule is NC(=O)c1cnccc1Nc1nc(-c2cc(Cl)ccc2N)nc2ncccc12. The molecule has 9 heteroatoms. The third kappa shape index (κ3) is 3.28. The van der Waals surface area contributed by atoms with Crippen LogP contribution < -0.4 is 16.8 Å². The van der Waals surface area contributed by atoms with Crippen LogP contribution in [-0.4, -0.2) is 25.8 Å². The third-order valence-corrected chi connectivity index (χ3v) is 4.30. The normalized spacial score (nSPS) is 10.8. The zero-order valence-electron chi connectivity index (χ0n) is 14.4. The van der Waals surface area contributed by atoms with E-state index in [9.17, 15) is 4.79 Å². The van der Waals surface area contributed by atoms with Gasteiger partial charge in [-0.2, -0.15) is 0 Å². The van der Waals surface area contributed by atoms with Crippen molar-refractivity contribution >= 4 is 45.7 Å². The number of benzene rings is 1. The molecule has 5 N–H and O–H groups in total. The van der Waals surface area contributed by atoms with Crippen molar-refractivity contribution < 1.29 is 4.79 Å². The van der Waals surface area contributed by atoms with E-state index >= 15 is 0 Å². The second-order valence-corrected chi connectivity index (χ2v) is 6.35. The summed E-state index contributed by atoms with van der Waals surface area (Å²) in [7, 11) is 0. The van der Waals surface area contributed by atoms with Gasteiger partial charge in [0.15, 0.2) is 11.5 Å². The fourth-order valence-corrected chi connectivity index (χ4v) is 2.90. The summed E-state index contributed by atoms with van der Waals surface area (Å²) in [6, 6.07) is 10.3. The summed E-state index contributed by atoms with van der Waals surface area (Å²) in [4.78, 5) is 29.1. The van der Waals surface area contributed by atoms with E-state index in [4.69, 9.17) is 23.1 Å². The van der Waals surface area contributed by atoms with E-state index in [1.807, 2.05) is 6.07 Å². The predicted molar refractivity (Wildman–Crippen MR) is 108 cm³/mol. The van der Waals surface area contributed by atoms with Crippen LogP contribution in [0.2, 0.25) is 5.02 Å². The lowest BCUT2D eigenvalue weighted by Gasteiger charge is -2.13. The highest BCUT2D eigenvalue weighted by Crippen LogP contribution is 2.31. The molecule has 0 unspecified atom stereocenters. The molecule has 0 aliphatic carbocycles. The van der Waals surface area contributed by atoms with Gasteiger partial charge in [0.25, 0.3) is 5.91 Å². The quantitative estimate of drug-likeness (QED) is 0.455. The van der Waals surface area contributed by atoms with Crippen molar-refractivity contribution in [3.63, 3.8) is 0 Å². The van der Waals surface area contributed by atoms with Gasteiger partial charge in [0, 0.05) is 34.9 Å². The molecule has 1 amide bonds. The highest BCUT2D eigenvalue weighted by Gasteiger charge is 2.15. The summed E-state index contributed by atoms with van der Waals surface area (Å²) in [6.07, 6.45) is 4.57. The number of amides is 1. The average molecular weight is 392 g/mol. The molecule has 0 aliphatic heterocycles. The highest BCUT2D eigenvalue weighted by molar-refractivity contribution is 6.31. The first-order valence-electron chi connectivity index (χ1n) is 8.22. The molecule has 8 nitrogen and oxygen atoms in total. The van der Waals surface area contributed by atoms with Gasteiger partial charge < -0.3 is 16.8 Å². The Morgan fingerprint density at radius 2 is 1.96 bits per heavy atom. The summed E-state index contributed by atoms with van der Waals surface area (Å²) in [5.74, 6) is 0.191. The molecular formula is C19H14ClN7O. The number of fused-ring (bicyclic) bond motifs is 1. The summed E-state index contributed by atoms with van der Waals surface area (Å²) in [5, 5.41) is 4.31. The number of carbonyl (C=O) groups excluding carboxylic acids is 1. The number of hydrogen-bond donors (Lipinski definition) is 3. The van der Waals surface area contributed by atoms with Gasteiger partial charge in [0.1, 0.15) is 5.82 Å². The predicted octanol–water partition coefficient (Wildman–Crippen LogP) is 3.16. The average Bonchev–Trinajstić information content (AvgIpc) is 2.70. The number of nitrogens with one attached hydrogen (secondary N) is 1. The number of halogens is 1. The molecule has 3 aromatic heterocycles. The molecule has 0 radical (unpaired) electrons. The number of nitrogens with zero attached hydrogens (tertiary/aromatic N) is 4. The lowest BCUT2D eigenvalue weighted by molar-refractivity contribution is 0.100. The molecular weight excluding hydrogens is 378 g/mol. The number of nitrogen functional groups attached to an aromatic ring is 1. The van der Waals surface area contributed by atoms with Crippen LogP contribution in [0.5, 0.6) is 0 Å². The smallest absolute Gasteiger partial charge is 0.252 e. The molecule has 0 fully saturated rings. The molecule has 138 valence electrons. The first-order valence-corrected chi connectivity index (χ1v) is 8.60. The number of nitrogens with two attached hydrogens (primary N) is 2. The Labute approximate surface area is 164 Å². The van der Waals surface area contributed by atoms with Crippen molar-refractivity contribution in [3.05, 3.63) is 65.6 Å². The van der Waals surface area contributed by atoms with Crippen LogP contribution >= 0.6 is 11.6 Å². The number of pyridine rings is 2. The number of primary amides is 1. The largest absolute Gasteiger partial charge is 0.398 e. The molecule has 28 heavy (non-hydrogen) atoms. The van der Waals surface area contributed by atoms with Gasteiger partial charge in [-0.25, -0.2) is 15.0 Å². The molecule has 0 saturated carbocycles. The van der Waals surface area contributed by atoms with Gasteiger partial charge in [-0.1, -0.05) is 11.6 Å². The zero-order chi connectivity index (χ0) is 19.7. The van der Waals surface area contributed by atoms with Gasteiger partial charge in [0.2, 0.25) is 0 Å². The highest BCUT2D eigenvalue weighted by atomic mass is 35.5. The molecule has 0 bridgehead atoms. The maximum Gasteiger partial charge on any atom is 0.252 e. The topological polar surface area (TPSA) is 133 Å². The molecule has 4 rings (SSSR count). The summed E-state index contributed by atoms with van der Waals surface area (Å²) in [5.41, 5.74) is 13.8. The van der Waals surface area contributed by atoms with Crippen LogP contribution in [0.1, 0.15) is 10.4 Å². The van der Waals surface area contributed by atoms with Crippen molar-refractivity contribution in [1.82, 2.24) is 19.9 Å². The molecule has 0 aliphatic rings. The first-order chi connectivity index (χ1) is 13.5. The van der Waals surface area contributed by atoms with E-state index in [-0.39, 0.29) is 5.56 Å². The van der Waals surface area contributed by atoms with Crippen LogP contribution in [0.3, 0.4) is 0 Å². The number of rotatable bonds is 4. The minimum atomic E-state index is -0.605.